The highest BCUT2D eigenvalue weighted by Crippen LogP contribution is 2.20. The summed E-state index contributed by atoms with van der Waals surface area (Å²) in [5.74, 6) is -1.74. The van der Waals surface area contributed by atoms with Gasteiger partial charge in [0.1, 0.15) is 17.5 Å². The lowest BCUT2D eigenvalue weighted by Crippen LogP contribution is -2.30. The topological polar surface area (TPSA) is 20.2 Å². The summed E-state index contributed by atoms with van der Waals surface area (Å²) >= 11 is 0. The van der Waals surface area contributed by atoms with Gasteiger partial charge in [-0.2, -0.15) is 0 Å². The van der Waals surface area contributed by atoms with E-state index in [1.54, 1.807) is 19.1 Å². The molecule has 0 radical (unpaired) electrons. The molecule has 2 rings (SSSR count). The van der Waals surface area contributed by atoms with E-state index in [0.29, 0.717) is 11.1 Å². The van der Waals surface area contributed by atoms with Gasteiger partial charge in [0, 0.05) is 18.9 Å². The van der Waals surface area contributed by atoms with Crippen molar-refractivity contribution in [2.24, 2.45) is 0 Å². The minimum Gasteiger partial charge on any atom is -0.389 e. The maximum atomic E-state index is 13.1. The van der Waals surface area contributed by atoms with Crippen molar-refractivity contribution < 1.29 is 18.3 Å². The molecule has 0 spiro atoms. The SMILES string of the molecule is CC(O)(Cc1cccc(F)c1)Cc1cc(F)cc(F)c1. The van der Waals surface area contributed by atoms with E-state index in [0.717, 1.165) is 6.07 Å². The van der Waals surface area contributed by atoms with E-state index >= 15 is 0 Å². The Hall–Kier alpha value is -1.81. The van der Waals surface area contributed by atoms with E-state index in [1.165, 1.54) is 24.3 Å². The number of hydrogen-bond acceptors (Lipinski definition) is 1. The van der Waals surface area contributed by atoms with Gasteiger partial charge in [-0.25, -0.2) is 13.2 Å². The van der Waals surface area contributed by atoms with E-state index in [2.05, 4.69) is 0 Å². The van der Waals surface area contributed by atoms with Crippen molar-refractivity contribution in [1.29, 1.82) is 0 Å². The highest BCUT2D eigenvalue weighted by Gasteiger charge is 2.22. The lowest BCUT2D eigenvalue weighted by atomic mass is 9.90. The molecule has 0 aliphatic carbocycles. The molecule has 1 unspecified atom stereocenters. The van der Waals surface area contributed by atoms with Crippen LogP contribution in [0.2, 0.25) is 0 Å². The van der Waals surface area contributed by atoms with Crippen molar-refractivity contribution in [3.05, 3.63) is 71.0 Å². The molecule has 0 fully saturated rings. The van der Waals surface area contributed by atoms with Crippen LogP contribution in [0, 0.1) is 17.5 Å². The summed E-state index contributed by atoms with van der Waals surface area (Å²) < 4.78 is 39.3. The van der Waals surface area contributed by atoms with Gasteiger partial charge in [0.15, 0.2) is 0 Å². The van der Waals surface area contributed by atoms with E-state index < -0.39 is 17.2 Å². The van der Waals surface area contributed by atoms with Gasteiger partial charge >= 0.3 is 0 Å². The van der Waals surface area contributed by atoms with Crippen LogP contribution in [0.25, 0.3) is 0 Å². The molecule has 2 aromatic carbocycles. The van der Waals surface area contributed by atoms with Gasteiger partial charge in [-0.15, -0.1) is 0 Å². The summed E-state index contributed by atoms with van der Waals surface area (Å²) in [6, 6.07) is 9.06. The molecular weight excluding hydrogens is 265 g/mol. The number of rotatable bonds is 4. The van der Waals surface area contributed by atoms with Gasteiger partial charge in [0.25, 0.3) is 0 Å². The van der Waals surface area contributed by atoms with Crippen LogP contribution in [0.1, 0.15) is 18.1 Å². The normalized spacial score (nSPS) is 14.1. The number of aliphatic hydroxyl groups is 1. The maximum Gasteiger partial charge on any atom is 0.126 e. The van der Waals surface area contributed by atoms with Crippen molar-refractivity contribution in [3.8, 4) is 0 Å². The van der Waals surface area contributed by atoms with Crippen LogP contribution < -0.4 is 0 Å². The zero-order valence-corrected chi connectivity index (χ0v) is 11.0. The maximum absolute atomic E-state index is 13.1. The summed E-state index contributed by atoms with van der Waals surface area (Å²) in [4.78, 5) is 0. The van der Waals surface area contributed by atoms with Gasteiger partial charge in [-0.05, 0) is 42.3 Å². The fourth-order valence-corrected chi connectivity index (χ4v) is 2.30. The molecule has 0 bridgehead atoms. The monoisotopic (exact) mass is 280 g/mol. The van der Waals surface area contributed by atoms with E-state index in [-0.39, 0.29) is 18.7 Å². The number of halogens is 3. The molecule has 1 N–H and O–H groups in total. The molecule has 0 aromatic heterocycles. The van der Waals surface area contributed by atoms with Crippen molar-refractivity contribution >= 4 is 0 Å². The Kier molecular flexibility index (Phi) is 4.14. The van der Waals surface area contributed by atoms with Gasteiger partial charge < -0.3 is 5.11 Å². The average molecular weight is 280 g/mol. The Morgan fingerprint density at radius 3 is 2.00 bits per heavy atom. The molecular formula is C16H15F3O. The molecule has 1 atom stereocenters. The third kappa shape index (κ3) is 4.10. The minimum absolute atomic E-state index is 0.0815. The van der Waals surface area contributed by atoms with Gasteiger partial charge in [0.05, 0.1) is 5.60 Å². The summed E-state index contributed by atoms with van der Waals surface area (Å²) in [6.45, 7) is 1.56. The highest BCUT2D eigenvalue weighted by molar-refractivity contribution is 5.22. The molecule has 0 aliphatic rings. The fourth-order valence-electron chi connectivity index (χ4n) is 2.30. The Morgan fingerprint density at radius 1 is 0.850 bits per heavy atom. The second-order valence-corrected chi connectivity index (χ2v) is 5.26. The first kappa shape index (κ1) is 14.6. The van der Waals surface area contributed by atoms with Crippen molar-refractivity contribution in [1.82, 2.24) is 0 Å². The van der Waals surface area contributed by atoms with E-state index in [9.17, 15) is 18.3 Å². The Labute approximate surface area is 115 Å². The third-order valence-corrected chi connectivity index (χ3v) is 2.98. The summed E-state index contributed by atoms with van der Waals surface area (Å²) in [5.41, 5.74) is -0.218. The molecule has 1 nitrogen and oxygen atoms in total. The van der Waals surface area contributed by atoms with Gasteiger partial charge in [0.2, 0.25) is 0 Å². The van der Waals surface area contributed by atoms with Crippen molar-refractivity contribution in [2.75, 3.05) is 0 Å². The van der Waals surface area contributed by atoms with Crippen LogP contribution in [-0.2, 0) is 12.8 Å². The molecule has 4 heteroatoms. The second-order valence-electron chi connectivity index (χ2n) is 5.26. The molecule has 20 heavy (non-hydrogen) atoms. The lowest BCUT2D eigenvalue weighted by molar-refractivity contribution is 0.0606. The zero-order valence-electron chi connectivity index (χ0n) is 11.0. The summed E-state index contributed by atoms with van der Waals surface area (Å²) in [5, 5.41) is 10.3. The number of hydrogen-bond donors (Lipinski definition) is 1. The van der Waals surface area contributed by atoms with Crippen molar-refractivity contribution in [3.63, 3.8) is 0 Å². The standard InChI is InChI=1S/C16H15F3O/c1-16(20,9-11-3-2-4-13(17)5-11)10-12-6-14(18)8-15(19)7-12/h2-8,20H,9-10H2,1H3. The predicted molar refractivity (Wildman–Crippen MR) is 70.8 cm³/mol. The molecule has 0 heterocycles. The average Bonchev–Trinajstić information content (AvgIpc) is 2.25. The van der Waals surface area contributed by atoms with E-state index in [4.69, 9.17) is 0 Å². The highest BCUT2D eigenvalue weighted by atomic mass is 19.1. The van der Waals surface area contributed by atoms with Crippen LogP contribution in [-0.4, -0.2) is 10.7 Å². The molecule has 0 saturated heterocycles. The Balaban J connectivity index is 2.14. The van der Waals surface area contributed by atoms with Crippen LogP contribution in [0.4, 0.5) is 13.2 Å². The van der Waals surface area contributed by atoms with Gasteiger partial charge in [-0.3, -0.25) is 0 Å². The van der Waals surface area contributed by atoms with Gasteiger partial charge in [-0.1, -0.05) is 12.1 Å². The van der Waals surface area contributed by atoms with E-state index in [1.807, 2.05) is 0 Å². The van der Waals surface area contributed by atoms with Crippen LogP contribution in [0.3, 0.4) is 0 Å². The largest absolute Gasteiger partial charge is 0.389 e. The summed E-state index contributed by atoms with van der Waals surface area (Å²) in [7, 11) is 0. The molecule has 0 aliphatic heterocycles. The first-order valence-electron chi connectivity index (χ1n) is 6.26. The molecule has 0 saturated carbocycles. The molecule has 106 valence electrons. The van der Waals surface area contributed by atoms with Crippen LogP contribution >= 0.6 is 0 Å². The van der Waals surface area contributed by atoms with Crippen LogP contribution in [0.5, 0.6) is 0 Å². The lowest BCUT2D eigenvalue weighted by Gasteiger charge is -2.23. The third-order valence-electron chi connectivity index (χ3n) is 2.98. The minimum atomic E-state index is -1.21. The quantitative estimate of drug-likeness (QED) is 0.906. The second kappa shape index (κ2) is 5.67. The Bertz CT molecular complexity index is 588. The number of benzene rings is 2. The summed E-state index contributed by atoms with van der Waals surface area (Å²) in [6.07, 6.45) is 0.279. The molecule has 2 aromatic rings. The Morgan fingerprint density at radius 2 is 1.40 bits per heavy atom. The van der Waals surface area contributed by atoms with Crippen molar-refractivity contribution in [2.45, 2.75) is 25.4 Å². The zero-order chi connectivity index (χ0) is 14.8. The smallest absolute Gasteiger partial charge is 0.126 e. The predicted octanol–water partition coefficient (Wildman–Crippen LogP) is 3.64. The first-order valence-corrected chi connectivity index (χ1v) is 6.26. The first-order chi connectivity index (χ1) is 9.34. The van der Waals surface area contributed by atoms with Crippen LogP contribution in [0.15, 0.2) is 42.5 Å². The molecule has 0 amide bonds. The fraction of sp³-hybridized carbons (Fsp3) is 0.250.